The number of hydrogen-bond donors (Lipinski definition) is 0. The van der Waals surface area contributed by atoms with Crippen LogP contribution in [0, 0.1) is 5.92 Å². The number of carboxylic acids is 1. The fourth-order valence-electron chi connectivity index (χ4n) is 1.46. The van der Waals surface area contributed by atoms with Crippen molar-refractivity contribution in [3.05, 3.63) is 34.9 Å². The summed E-state index contributed by atoms with van der Waals surface area (Å²) in [4.78, 5) is 10.9. The van der Waals surface area contributed by atoms with Crippen LogP contribution in [0.25, 0.3) is 0 Å². The van der Waals surface area contributed by atoms with Gasteiger partial charge in [0.05, 0.1) is 0 Å². The van der Waals surface area contributed by atoms with Crippen molar-refractivity contribution in [3.63, 3.8) is 0 Å². The minimum absolute atomic E-state index is 0. The number of rotatable bonds is 3. The van der Waals surface area contributed by atoms with E-state index < -0.39 is 11.9 Å². The van der Waals surface area contributed by atoms with Crippen molar-refractivity contribution in [1.82, 2.24) is 0 Å². The van der Waals surface area contributed by atoms with Gasteiger partial charge in [0.15, 0.2) is 0 Å². The molecule has 1 aromatic rings. The molecule has 2 nitrogen and oxygen atoms in total. The summed E-state index contributed by atoms with van der Waals surface area (Å²) in [5.41, 5.74) is 0.740. The van der Waals surface area contributed by atoms with Crippen molar-refractivity contribution >= 4 is 17.6 Å². The van der Waals surface area contributed by atoms with Crippen LogP contribution in [-0.2, 0) is 4.79 Å². The average molecular weight is 235 g/mol. The number of benzene rings is 1. The van der Waals surface area contributed by atoms with E-state index in [0.29, 0.717) is 5.02 Å². The number of halogens is 1. The van der Waals surface area contributed by atoms with Crippen molar-refractivity contribution in [2.24, 2.45) is 5.92 Å². The zero-order valence-corrected chi connectivity index (χ0v) is 11.9. The maximum absolute atomic E-state index is 10.9. The molecule has 0 aliphatic heterocycles. The van der Waals surface area contributed by atoms with Gasteiger partial charge < -0.3 is 9.90 Å². The summed E-state index contributed by atoms with van der Waals surface area (Å²) in [5, 5.41) is 11.5. The minimum atomic E-state index is -1.04. The van der Waals surface area contributed by atoms with Gasteiger partial charge in [-0.15, -0.1) is 0 Å². The van der Waals surface area contributed by atoms with Crippen molar-refractivity contribution in [2.45, 2.75) is 19.8 Å². The SMILES string of the molecule is CC(C)[C@@H](C(=O)[O-])c1ccc(Cl)cc1.[Na+]. The molecule has 76 valence electrons. The predicted octanol–water partition coefficient (Wildman–Crippen LogP) is -1.17. The van der Waals surface area contributed by atoms with Gasteiger partial charge in [-0.05, 0) is 23.6 Å². The molecule has 1 atom stereocenters. The molecule has 1 rings (SSSR count). The van der Waals surface area contributed by atoms with Gasteiger partial charge in [0.1, 0.15) is 0 Å². The maximum Gasteiger partial charge on any atom is 1.00 e. The molecule has 0 aliphatic carbocycles. The monoisotopic (exact) mass is 234 g/mol. The van der Waals surface area contributed by atoms with E-state index in [-0.39, 0.29) is 35.5 Å². The number of carboxylic acid groups (broad SMARTS) is 1. The molecule has 0 fully saturated rings. The van der Waals surface area contributed by atoms with E-state index >= 15 is 0 Å². The number of carbonyl (C=O) groups is 1. The van der Waals surface area contributed by atoms with Gasteiger partial charge >= 0.3 is 29.6 Å². The summed E-state index contributed by atoms with van der Waals surface area (Å²) >= 11 is 5.71. The summed E-state index contributed by atoms with van der Waals surface area (Å²) in [6, 6.07) is 6.83. The zero-order chi connectivity index (χ0) is 10.7. The van der Waals surface area contributed by atoms with E-state index in [1.54, 1.807) is 24.3 Å². The van der Waals surface area contributed by atoms with Crippen LogP contribution in [0.3, 0.4) is 0 Å². The van der Waals surface area contributed by atoms with E-state index in [1.165, 1.54) is 0 Å². The molecule has 0 saturated heterocycles. The normalized spacial score (nSPS) is 12.0. The van der Waals surface area contributed by atoms with E-state index in [1.807, 2.05) is 13.8 Å². The Hall–Kier alpha value is -0.0200. The Balaban J connectivity index is 0.00000196. The smallest absolute Gasteiger partial charge is 0.549 e. The molecular formula is C11H12ClNaO2. The molecule has 0 heterocycles. The first-order valence-electron chi connectivity index (χ1n) is 4.48. The quantitative estimate of drug-likeness (QED) is 0.619. The van der Waals surface area contributed by atoms with Crippen molar-refractivity contribution in [3.8, 4) is 0 Å². The molecule has 15 heavy (non-hydrogen) atoms. The van der Waals surface area contributed by atoms with Crippen LogP contribution in [0.15, 0.2) is 24.3 Å². The third-order valence-electron chi connectivity index (χ3n) is 2.15. The third-order valence-corrected chi connectivity index (χ3v) is 2.40. The minimum Gasteiger partial charge on any atom is -0.549 e. The van der Waals surface area contributed by atoms with Gasteiger partial charge in [0.25, 0.3) is 0 Å². The van der Waals surface area contributed by atoms with E-state index in [2.05, 4.69) is 0 Å². The molecule has 0 radical (unpaired) electrons. The fourth-order valence-corrected chi connectivity index (χ4v) is 1.59. The Labute approximate surface area is 117 Å². The first-order chi connectivity index (χ1) is 6.52. The summed E-state index contributed by atoms with van der Waals surface area (Å²) in [7, 11) is 0. The second-order valence-corrected chi connectivity index (χ2v) is 4.03. The van der Waals surface area contributed by atoms with Gasteiger partial charge in [0.2, 0.25) is 0 Å². The Morgan fingerprint density at radius 1 is 1.27 bits per heavy atom. The van der Waals surface area contributed by atoms with Gasteiger partial charge in [-0.2, -0.15) is 0 Å². The molecule has 1 aromatic carbocycles. The molecule has 0 amide bonds. The average Bonchev–Trinajstić information content (AvgIpc) is 2.07. The largest absolute Gasteiger partial charge is 1.00 e. The van der Waals surface area contributed by atoms with Gasteiger partial charge in [-0.25, -0.2) is 0 Å². The standard InChI is InChI=1S/C11H13ClO2.Na/c1-7(2)10(11(13)14)8-3-5-9(12)6-4-8;/h3-7,10H,1-2H3,(H,13,14);/q;+1/p-1/t10-;/m1./s1. The van der Waals surface area contributed by atoms with Crippen LogP contribution < -0.4 is 34.7 Å². The molecule has 4 heteroatoms. The molecule has 0 unspecified atom stereocenters. The molecule has 0 aliphatic rings. The van der Waals surface area contributed by atoms with Gasteiger partial charge in [-0.3, -0.25) is 0 Å². The summed E-state index contributed by atoms with van der Waals surface area (Å²) < 4.78 is 0. The second kappa shape index (κ2) is 6.54. The van der Waals surface area contributed by atoms with Crippen LogP contribution in [0.4, 0.5) is 0 Å². The predicted molar refractivity (Wildman–Crippen MR) is 54.0 cm³/mol. The van der Waals surface area contributed by atoms with Crippen LogP contribution in [-0.4, -0.2) is 5.97 Å². The number of carbonyl (C=O) groups excluding carboxylic acids is 1. The molecule has 0 spiro atoms. The van der Waals surface area contributed by atoms with Crippen LogP contribution in [0.2, 0.25) is 5.02 Å². The van der Waals surface area contributed by atoms with Gasteiger partial charge in [-0.1, -0.05) is 37.6 Å². The third kappa shape index (κ3) is 4.15. The van der Waals surface area contributed by atoms with Crippen LogP contribution >= 0.6 is 11.6 Å². The van der Waals surface area contributed by atoms with E-state index in [9.17, 15) is 9.90 Å². The summed E-state index contributed by atoms with van der Waals surface area (Å²) in [5.74, 6) is -1.59. The Morgan fingerprint density at radius 3 is 2.07 bits per heavy atom. The molecule has 0 aromatic heterocycles. The Morgan fingerprint density at radius 2 is 1.73 bits per heavy atom. The van der Waals surface area contributed by atoms with Crippen molar-refractivity contribution < 1.29 is 39.5 Å². The molecule has 0 saturated carbocycles. The van der Waals surface area contributed by atoms with Crippen molar-refractivity contribution in [2.75, 3.05) is 0 Å². The Kier molecular flexibility index (Phi) is 6.53. The van der Waals surface area contributed by atoms with E-state index in [0.717, 1.165) is 5.56 Å². The Bertz CT molecular complexity index is 322. The topological polar surface area (TPSA) is 40.1 Å². The zero-order valence-electron chi connectivity index (χ0n) is 9.16. The fraction of sp³-hybridized carbons (Fsp3) is 0.364. The number of hydrogen-bond acceptors (Lipinski definition) is 2. The van der Waals surface area contributed by atoms with Crippen molar-refractivity contribution in [1.29, 1.82) is 0 Å². The second-order valence-electron chi connectivity index (χ2n) is 3.59. The van der Waals surface area contributed by atoms with Crippen LogP contribution in [0.5, 0.6) is 0 Å². The van der Waals surface area contributed by atoms with E-state index in [4.69, 9.17) is 11.6 Å². The molecule has 0 N–H and O–H groups in total. The first kappa shape index (κ1) is 15.0. The summed E-state index contributed by atoms with van der Waals surface area (Å²) in [6.45, 7) is 3.71. The maximum atomic E-state index is 10.9. The van der Waals surface area contributed by atoms with Gasteiger partial charge in [0, 0.05) is 16.9 Å². The number of aliphatic carboxylic acids is 1. The summed E-state index contributed by atoms with van der Waals surface area (Å²) in [6.07, 6.45) is 0. The molecular weight excluding hydrogens is 223 g/mol. The first-order valence-corrected chi connectivity index (χ1v) is 4.86. The van der Waals surface area contributed by atoms with Crippen LogP contribution in [0.1, 0.15) is 25.3 Å². The molecule has 0 bridgehead atoms.